The first kappa shape index (κ1) is 6.10. The Kier molecular flexibility index (Phi) is 1.40. The summed E-state index contributed by atoms with van der Waals surface area (Å²) in [7, 11) is 1.87. The van der Waals surface area contributed by atoms with Gasteiger partial charge in [-0.3, -0.25) is 0 Å². The number of imidazole rings is 1. The van der Waals surface area contributed by atoms with Crippen LogP contribution in [0.5, 0.6) is 0 Å². The number of nitrogens with zero attached hydrogens (tertiary/aromatic N) is 2. The molecule has 0 fully saturated rings. The summed E-state index contributed by atoms with van der Waals surface area (Å²) in [5, 5.41) is 0. The third-order valence-electron chi connectivity index (χ3n) is 1.17. The molecule has 1 heterocycles. The largest absolute Gasteiger partial charge is 0.382 e. The average Bonchev–Trinajstić information content (AvgIpc) is 2.10. The average molecular weight is 126 g/mol. The van der Waals surface area contributed by atoms with E-state index < -0.39 is 0 Å². The van der Waals surface area contributed by atoms with Gasteiger partial charge in [0.05, 0.1) is 6.54 Å². The van der Waals surface area contributed by atoms with Gasteiger partial charge in [-0.1, -0.05) is 0 Å². The smallest absolute Gasteiger partial charge is 0.141 e. The topological polar surface area (TPSA) is 69.9 Å². The molecule has 0 spiro atoms. The summed E-state index contributed by atoms with van der Waals surface area (Å²) >= 11 is 0. The molecule has 0 aliphatic heterocycles. The van der Waals surface area contributed by atoms with Crippen molar-refractivity contribution >= 4 is 5.82 Å². The Labute approximate surface area is 53.5 Å². The normalized spacial score (nSPS) is 10.0. The number of nitrogen functional groups attached to an aromatic ring is 1. The maximum absolute atomic E-state index is 5.37. The van der Waals surface area contributed by atoms with E-state index >= 15 is 0 Å². The van der Waals surface area contributed by atoms with Crippen LogP contribution in [-0.2, 0) is 13.6 Å². The first-order chi connectivity index (χ1) is 4.24. The molecule has 0 saturated heterocycles. The molecule has 0 amide bonds. The molecular weight excluding hydrogens is 116 g/mol. The predicted octanol–water partition coefficient (Wildman–Crippen LogP) is -0.539. The van der Waals surface area contributed by atoms with Crippen molar-refractivity contribution in [3.8, 4) is 0 Å². The third kappa shape index (κ3) is 1.02. The van der Waals surface area contributed by atoms with E-state index in [1.54, 1.807) is 6.20 Å². The lowest BCUT2D eigenvalue weighted by molar-refractivity contribution is 0.794. The molecule has 4 heteroatoms. The molecule has 1 rings (SSSR count). The van der Waals surface area contributed by atoms with Gasteiger partial charge in [0.15, 0.2) is 0 Å². The highest BCUT2D eigenvalue weighted by molar-refractivity contribution is 5.25. The highest BCUT2D eigenvalue weighted by Crippen LogP contribution is 1.99. The second-order valence-corrected chi connectivity index (χ2v) is 1.90. The lowest BCUT2D eigenvalue weighted by Gasteiger charge is -1.92. The summed E-state index contributed by atoms with van der Waals surface area (Å²) in [5.74, 6) is 1.34. The van der Waals surface area contributed by atoms with Gasteiger partial charge in [-0.05, 0) is 0 Å². The standard InChI is InChI=1S/C5H10N4/c1-9-3-4(7)8-5(9)2-6/h3H,2,6-7H2,1H3. The van der Waals surface area contributed by atoms with Crippen LogP contribution in [0, 0.1) is 0 Å². The molecule has 0 aliphatic rings. The van der Waals surface area contributed by atoms with E-state index in [9.17, 15) is 0 Å². The summed E-state index contributed by atoms with van der Waals surface area (Å²) in [6, 6.07) is 0. The van der Waals surface area contributed by atoms with Crippen LogP contribution in [0.15, 0.2) is 6.20 Å². The minimum atomic E-state index is 0.438. The minimum absolute atomic E-state index is 0.438. The number of hydrogen-bond acceptors (Lipinski definition) is 3. The first-order valence-electron chi connectivity index (χ1n) is 2.72. The van der Waals surface area contributed by atoms with Gasteiger partial charge in [0.25, 0.3) is 0 Å². The molecule has 0 aromatic carbocycles. The van der Waals surface area contributed by atoms with Gasteiger partial charge >= 0.3 is 0 Å². The molecule has 0 radical (unpaired) electrons. The molecule has 0 bridgehead atoms. The van der Waals surface area contributed by atoms with E-state index in [0.717, 1.165) is 5.82 Å². The second-order valence-electron chi connectivity index (χ2n) is 1.90. The summed E-state index contributed by atoms with van der Waals surface area (Å²) < 4.78 is 1.81. The molecule has 0 atom stereocenters. The van der Waals surface area contributed by atoms with Crippen LogP contribution >= 0.6 is 0 Å². The van der Waals surface area contributed by atoms with E-state index in [0.29, 0.717) is 12.4 Å². The first-order valence-corrected chi connectivity index (χ1v) is 2.72. The zero-order chi connectivity index (χ0) is 6.85. The van der Waals surface area contributed by atoms with E-state index in [1.165, 1.54) is 0 Å². The van der Waals surface area contributed by atoms with Gasteiger partial charge in [0.2, 0.25) is 0 Å². The van der Waals surface area contributed by atoms with Crippen molar-refractivity contribution in [2.24, 2.45) is 12.8 Å². The van der Waals surface area contributed by atoms with Crippen LogP contribution < -0.4 is 11.5 Å². The van der Waals surface area contributed by atoms with Crippen molar-refractivity contribution < 1.29 is 0 Å². The van der Waals surface area contributed by atoms with Crippen molar-refractivity contribution in [2.75, 3.05) is 5.73 Å². The molecule has 4 nitrogen and oxygen atoms in total. The number of anilines is 1. The van der Waals surface area contributed by atoms with Gasteiger partial charge in [0, 0.05) is 13.2 Å². The fourth-order valence-corrected chi connectivity index (χ4v) is 0.719. The van der Waals surface area contributed by atoms with Crippen molar-refractivity contribution in [3.63, 3.8) is 0 Å². The van der Waals surface area contributed by atoms with Gasteiger partial charge in [-0.25, -0.2) is 4.98 Å². The second kappa shape index (κ2) is 2.06. The molecule has 9 heavy (non-hydrogen) atoms. The molecule has 0 saturated carbocycles. The number of rotatable bonds is 1. The summed E-state index contributed by atoms with van der Waals surface area (Å²) in [6.45, 7) is 0.438. The fourth-order valence-electron chi connectivity index (χ4n) is 0.719. The van der Waals surface area contributed by atoms with Crippen LogP contribution in [0.4, 0.5) is 5.82 Å². The molecule has 4 N–H and O–H groups in total. The number of aromatic nitrogens is 2. The Morgan fingerprint density at radius 3 is 2.67 bits per heavy atom. The maximum atomic E-state index is 5.37. The molecule has 1 aromatic rings. The van der Waals surface area contributed by atoms with Gasteiger partial charge in [-0.15, -0.1) is 0 Å². The quantitative estimate of drug-likeness (QED) is 0.531. The molecular formula is C5H10N4. The van der Waals surface area contributed by atoms with Crippen LogP contribution in [0.1, 0.15) is 5.82 Å². The summed E-state index contributed by atoms with van der Waals surface area (Å²) in [4.78, 5) is 3.94. The van der Waals surface area contributed by atoms with Crippen molar-refractivity contribution in [1.29, 1.82) is 0 Å². The lowest BCUT2D eigenvalue weighted by Crippen LogP contribution is -2.03. The van der Waals surface area contributed by atoms with Crippen LogP contribution in [-0.4, -0.2) is 9.55 Å². The van der Waals surface area contributed by atoms with Crippen molar-refractivity contribution in [2.45, 2.75) is 6.54 Å². The van der Waals surface area contributed by atoms with E-state index in [4.69, 9.17) is 11.5 Å². The van der Waals surface area contributed by atoms with Crippen LogP contribution in [0.3, 0.4) is 0 Å². The number of hydrogen-bond donors (Lipinski definition) is 2. The van der Waals surface area contributed by atoms with E-state index in [2.05, 4.69) is 4.98 Å². The van der Waals surface area contributed by atoms with E-state index in [1.807, 2.05) is 11.6 Å². The van der Waals surface area contributed by atoms with Crippen LogP contribution in [0.25, 0.3) is 0 Å². The highest BCUT2D eigenvalue weighted by Gasteiger charge is 1.97. The minimum Gasteiger partial charge on any atom is -0.382 e. The van der Waals surface area contributed by atoms with Gasteiger partial charge in [-0.2, -0.15) is 0 Å². The Balaban J connectivity index is 3.01. The maximum Gasteiger partial charge on any atom is 0.141 e. The lowest BCUT2D eigenvalue weighted by atomic mass is 10.6. The van der Waals surface area contributed by atoms with Gasteiger partial charge in [0.1, 0.15) is 11.6 Å². The van der Waals surface area contributed by atoms with Crippen LogP contribution in [0.2, 0.25) is 0 Å². The Hall–Kier alpha value is -1.03. The third-order valence-corrected chi connectivity index (χ3v) is 1.17. The Morgan fingerprint density at radius 2 is 2.44 bits per heavy atom. The SMILES string of the molecule is Cn1cc(N)nc1CN. The van der Waals surface area contributed by atoms with Crippen molar-refractivity contribution in [3.05, 3.63) is 12.0 Å². The number of nitrogens with two attached hydrogens (primary N) is 2. The number of aryl methyl sites for hydroxylation is 1. The monoisotopic (exact) mass is 126 g/mol. The molecule has 1 aromatic heterocycles. The Morgan fingerprint density at radius 1 is 1.78 bits per heavy atom. The molecule has 0 aliphatic carbocycles. The molecule has 0 unspecified atom stereocenters. The predicted molar refractivity (Wildman–Crippen MR) is 35.5 cm³/mol. The van der Waals surface area contributed by atoms with Crippen molar-refractivity contribution in [1.82, 2.24) is 9.55 Å². The van der Waals surface area contributed by atoms with Gasteiger partial charge < -0.3 is 16.0 Å². The molecule has 50 valence electrons. The zero-order valence-electron chi connectivity index (χ0n) is 5.33. The summed E-state index contributed by atoms with van der Waals surface area (Å²) in [6.07, 6.45) is 1.74. The van der Waals surface area contributed by atoms with E-state index in [-0.39, 0.29) is 0 Å². The summed E-state index contributed by atoms with van der Waals surface area (Å²) in [5.41, 5.74) is 10.7. The highest BCUT2D eigenvalue weighted by atomic mass is 15.1. The Bertz CT molecular complexity index is 203. The zero-order valence-corrected chi connectivity index (χ0v) is 5.33. The fraction of sp³-hybridized carbons (Fsp3) is 0.400.